The van der Waals surface area contributed by atoms with Crippen molar-refractivity contribution >= 4 is 17.7 Å². The predicted molar refractivity (Wildman–Crippen MR) is 109 cm³/mol. The molecule has 150 valence electrons. The van der Waals surface area contributed by atoms with Gasteiger partial charge in [-0.05, 0) is 67.3 Å². The molecule has 1 aliphatic heterocycles. The zero-order valence-corrected chi connectivity index (χ0v) is 17.2. The molecular weight excluding hydrogens is 372 g/mol. The Morgan fingerprint density at radius 3 is 2.61 bits per heavy atom. The molecule has 1 saturated heterocycles. The Morgan fingerprint density at radius 1 is 1.18 bits per heavy atom. The van der Waals surface area contributed by atoms with Crippen LogP contribution in [-0.2, 0) is 17.9 Å². The van der Waals surface area contributed by atoms with Crippen molar-refractivity contribution in [3.8, 4) is 0 Å². The summed E-state index contributed by atoms with van der Waals surface area (Å²) in [6.45, 7) is 5.87. The smallest absolute Gasteiger partial charge is 0.233 e. The number of piperidine rings is 1. The molecule has 1 aliphatic carbocycles. The highest BCUT2D eigenvalue weighted by Gasteiger charge is 2.29. The molecule has 2 heterocycles. The van der Waals surface area contributed by atoms with Gasteiger partial charge in [0.15, 0.2) is 0 Å². The molecule has 0 spiro atoms. The molecule has 28 heavy (non-hydrogen) atoms. The van der Waals surface area contributed by atoms with Crippen LogP contribution >= 0.6 is 11.8 Å². The van der Waals surface area contributed by atoms with Crippen LogP contribution < -0.4 is 5.32 Å². The van der Waals surface area contributed by atoms with Crippen LogP contribution in [0.3, 0.4) is 0 Å². The third-order valence-corrected chi connectivity index (χ3v) is 6.40. The van der Waals surface area contributed by atoms with Crippen molar-refractivity contribution in [3.63, 3.8) is 0 Å². The fraction of sp³-hybridized carbons (Fsp3) is 0.600. The van der Waals surface area contributed by atoms with Crippen LogP contribution in [0.15, 0.2) is 29.4 Å². The fourth-order valence-electron chi connectivity index (χ4n) is 3.49. The summed E-state index contributed by atoms with van der Waals surface area (Å²) >= 11 is 1.42. The van der Waals surface area contributed by atoms with Crippen molar-refractivity contribution in [2.45, 2.75) is 68.6 Å². The maximum absolute atomic E-state index is 12.5. The van der Waals surface area contributed by atoms with E-state index in [-0.39, 0.29) is 11.2 Å². The monoisotopic (exact) mass is 400 g/mol. The first kappa shape index (κ1) is 19.4. The Bertz CT molecular complexity index is 782. The second-order valence-corrected chi connectivity index (χ2v) is 9.08. The van der Waals surface area contributed by atoms with Gasteiger partial charge >= 0.3 is 0 Å². The van der Waals surface area contributed by atoms with E-state index in [0.29, 0.717) is 12.6 Å². The van der Waals surface area contributed by atoms with E-state index in [1.54, 1.807) is 0 Å². The number of aromatic nitrogens is 4. The lowest BCUT2D eigenvalue weighted by Gasteiger charge is -2.26. The second kappa shape index (κ2) is 9.05. The molecule has 1 atom stereocenters. The lowest BCUT2D eigenvalue weighted by atomic mass is 10.1. The molecule has 2 aliphatic rings. The van der Waals surface area contributed by atoms with Gasteiger partial charge in [-0.2, -0.15) is 0 Å². The van der Waals surface area contributed by atoms with Gasteiger partial charge < -0.3 is 5.32 Å². The summed E-state index contributed by atoms with van der Waals surface area (Å²) in [5.41, 5.74) is 2.46. The van der Waals surface area contributed by atoms with Crippen molar-refractivity contribution in [2.75, 3.05) is 13.1 Å². The highest BCUT2D eigenvalue weighted by Crippen LogP contribution is 2.37. The summed E-state index contributed by atoms with van der Waals surface area (Å²) < 4.78 is 1.84. The van der Waals surface area contributed by atoms with Crippen LogP contribution in [0.5, 0.6) is 0 Å². The Morgan fingerprint density at radius 2 is 1.89 bits per heavy atom. The first-order valence-corrected chi connectivity index (χ1v) is 11.1. The Hall–Kier alpha value is -1.93. The quantitative estimate of drug-likeness (QED) is 0.687. The number of benzene rings is 1. The van der Waals surface area contributed by atoms with E-state index in [9.17, 15) is 4.79 Å². The topological polar surface area (TPSA) is 75.9 Å². The molecule has 1 aromatic carbocycles. The number of carbonyl (C=O) groups excluding carboxylic acids is 1. The number of hydrogen-bond acceptors (Lipinski definition) is 6. The van der Waals surface area contributed by atoms with Crippen molar-refractivity contribution in [3.05, 3.63) is 35.4 Å². The Kier molecular flexibility index (Phi) is 6.26. The molecule has 1 saturated carbocycles. The van der Waals surface area contributed by atoms with E-state index in [4.69, 9.17) is 0 Å². The average molecular weight is 401 g/mol. The van der Waals surface area contributed by atoms with Crippen LogP contribution in [0.2, 0.25) is 0 Å². The van der Waals surface area contributed by atoms with Gasteiger partial charge in [-0.3, -0.25) is 9.69 Å². The SMILES string of the molecule is CC(Sc1nnnn1C1CC1)C(=O)NCc1ccc(CN2CCCCC2)cc1. The zero-order valence-electron chi connectivity index (χ0n) is 16.4. The van der Waals surface area contributed by atoms with Gasteiger partial charge in [0.1, 0.15) is 0 Å². The minimum absolute atomic E-state index is 0.00717. The van der Waals surface area contributed by atoms with Gasteiger partial charge in [0.25, 0.3) is 0 Å². The average Bonchev–Trinajstić information content (AvgIpc) is 3.47. The lowest BCUT2D eigenvalue weighted by Crippen LogP contribution is -2.30. The van der Waals surface area contributed by atoms with Gasteiger partial charge in [0.05, 0.1) is 11.3 Å². The van der Waals surface area contributed by atoms with Crippen molar-refractivity contribution < 1.29 is 4.79 Å². The second-order valence-electron chi connectivity index (χ2n) is 7.77. The predicted octanol–water partition coefficient (Wildman–Crippen LogP) is 2.79. The van der Waals surface area contributed by atoms with Gasteiger partial charge in [0.2, 0.25) is 11.1 Å². The third kappa shape index (κ3) is 5.11. The molecular formula is C20H28N6OS. The van der Waals surface area contributed by atoms with E-state index >= 15 is 0 Å². The fourth-order valence-corrected chi connectivity index (χ4v) is 4.38. The third-order valence-electron chi connectivity index (χ3n) is 5.35. The number of amides is 1. The van der Waals surface area contributed by atoms with E-state index in [1.807, 2.05) is 11.6 Å². The number of rotatable bonds is 8. The van der Waals surface area contributed by atoms with E-state index in [0.717, 1.165) is 30.1 Å². The van der Waals surface area contributed by atoms with Crippen LogP contribution in [0.25, 0.3) is 0 Å². The Labute approximate surface area is 170 Å². The number of nitrogens with one attached hydrogen (secondary N) is 1. The van der Waals surface area contributed by atoms with Crippen LogP contribution in [0.1, 0.15) is 56.2 Å². The van der Waals surface area contributed by atoms with Gasteiger partial charge in [-0.1, -0.05) is 42.4 Å². The number of likely N-dealkylation sites (tertiary alicyclic amines) is 1. The first-order chi connectivity index (χ1) is 13.7. The molecule has 1 N–H and O–H groups in total. The maximum Gasteiger partial charge on any atom is 0.233 e. The summed E-state index contributed by atoms with van der Waals surface area (Å²) in [5.74, 6) is 0.00717. The van der Waals surface area contributed by atoms with E-state index in [1.165, 1.54) is 49.7 Å². The molecule has 0 radical (unpaired) electrons. The van der Waals surface area contributed by atoms with Crippen molar-refractivity contribution in [1.82, 2.24) is 30.4 Å². The number of hydrogen-bond donors (Lipinski definition) is 1. The number of nitrogens with zero attached hydrogens (tertiary/aromatic N) is 5. The van der Waals surface area contributed by atoms with Crippen molar-refractivity contribution in [2.24, 2.45) is 0 Å². The molecule has 0 bridgehead atoms. The highest BCUT2D eigenvalue weighted by molar-refractivity contribution is 8.00. The highest BCUT2D eigenvalue weighted by atomic mass is 32.2. The number of carbonyl (C=O) groups is 1. The summed E-state index contributed by atoms with van der Waals surface area (Å²) in [4.78, 5) is 15.0. The minimum atomic E-state index is -0.234. The standard InChI is InChI=1S/C20H28N6OS/c1-15(28-20-22-23-24-26(20)18-9-10-18)19(27)21-13-16-5-7-17(8-6-16)14-25-11-3-2-4-12-25/h5-8,15,18H,2-4,9-14H2,1H3,(H,21,27). The summed E-state index contributed by atoms with van der Waals surface area (Å²) in [6, 6.07) is 9.00. The van der Waals surface area contributed by atoms with Gasteiger partial charge in [-0.15, -0.1) is 5.10 Å². The largest absolute Gasteiger partial charge is 0.351 e. The number of tetrazole rings is 1. The molecule has 7 nitrogen and oxygen atoms in total. The molecule has 1 unspecified atom stereocenters. The first-order valence-electron chi connectivity index (χ1n) is 10.2. The number of thioether (sulfide) groups is 1. The molecule has 1 aromatic heterocycles. The van der Waals surface area contributed by atoms with Crippen LogP contribution in [-0.4, -0.2) is 49.4 Å². The molecule has 2 fully saturated rings. The van der Waals surface area contributed by atoms with Crippen LogP contribution in [0, 0.1) is 0 Å². The van der Waals surface area contributed by atoms with Crippen molar-refractivity contribution in [1.29, 1.82) is 0 Å². The summed E-state index contributed by atoms with van der Waals surface area (Å²) in [7, 11) is 0. The molecule has 8 heteroatoms. The lowest BCUT2D eigenvalue weighted by molar-refractivity contribution is -0.120. The summed E-state index contributed by atoms with van der Waals surface area (Å²) in [6.07, 6.45) is 6.22. The minimum Gasteiger partial charge on any atom is -0.351 e. The Balaban J connectivity index is 1.24. The maximum atomic E-state index is 12.5. The van der Waals surface area contributed by atoms with Gasteiger partial charge in [-0.25, -0.2) is 4.68 Å². The molecule has 4 rings (SSSR count). The molecule has 1 amide bonds. The summed E-state index contributed by atoms with van der Waals surface area (Å²) in [5, 5.41) is 15.4. The van der Waals surface area contributed by atoms with E-state index < -0.39 is 0 Å². The normalized spacial score (nSPS) is 18.8. The zero-order chi connectivity index (χ0) is 19.3. The molecule has 2 aromatic rings. The van der Waals surface area contributed by atoms with Gasteiger partial charge in [0, 0.05) is 13.1 Å². The van der Waals surface area contributed by atoms with E-state index in [2.05, 4.69) is 50.0 Å². The van der Waals surface area contributed by atoms with Crippen LogP contribution in [0.4, 0.5) is 0 Å².